The van der Waals surface area contributed by atoms with Crippen molar-refractivity contribution in [2.75, 3.05) is 36.0 Å². The lowest BCUT2D eigenvalue weighted by Gasteiger charge is -2.27. The van der Waals surface area contributed by atoms with Gasteiger partial charge in [-0.2, -0.15) is 5.10 Å². The minimum absolute atomic E-state index is 0.0591. The molecule has 1 N–H and O–H groups in total. The molecule has 2 aliphatic rings. The molecule has 1 aromatic rings. The molecule has 11 heteroatoms. The second-order valence-electron chi connectivity index (χ2n) is 6.00. The number of cyclic esters (lactones) is 1. The van der Waals surface area contributed by atoms with E-state index in [1.165, 1.54) is 16.1 Å². The normalized spacial score (nSPS) is 19.3. The fourth-order valence-corrected chi connectivity index (χ4v) is 2.87. The maximum Gasteiger partial charge on any atom is 0.414 e. The number of hydrazone groups is 1. The molecule has 0 bridgehead atoms. The number of ether oxygens (including phenoxy) is 1. The molecule has 0 saturated carbocycles. The van der Waals surface area contributed by atoms with Gasteiger partial charge in [-0.3, -0.25) is 9.69 Å². The third-order valence-corrected chi connectivity index (χ3v) is 4.23. The quantitative estimate of drug-likeness (QED) is 0.599. The van der Waals surface area contributed by atoms with Gasteiger partial charge in [-0.05, 0) is 6.92 Å². The summed E-state index contributed by atoms with van der Waals surface area (Å²) in [4.78, 5) is 25.7. The molecule has 2 heterocycles. The number of nitrogens with one attached hydrogen (secondary N) is 1. The van der Waals surface area contributed by atoms with Crippen molar-refractivity contribution in [2.45, 2.75) is 13.0 Å². The van der Waals surface area contributed by atoms with Gasteiger partial charge in [-0.15, -0.1) is 0 Å². The maximum atomic E-state index is 14.6. The summed E-state index contributed by atoms with van der Waals surface area (Å²) >= 11 is 4.91. The van der Waals surface area contributed by atoms with Gasteiger partial charge in [0.25, 0.3) is 0 Å². The van der Waals surface area contributed by atoms with E-state index in [1.807, 2.05) is 0 Å². The van der Waals surface area contributed by atoms with Crippen molar-refractivity contribution in [3.8, 4) is 0 Å². The van der Waals surface area contributed by atoms with Gasteiger partial charge in [-0.25, -0.2) is 18.6 Å². The number of hydrogen-bond acceptors (Lipinski definition) is 6. The molecule has 1 fully saturated rings. The van der Waals surface area contributed by atoms with Crippen LogP contribution >= 0.6 is 12.2 Å². The topological polar surface area (TPSA) is 77.5 Å². The summed E-state index contributed by atoms with van der Waals surface area (Å²) in [6.45, 7) is 2.55. The van der Waals surface area contributed by atoms with Crippen LogP contribution in [0.2, 0.25) is 0 Å². The summed E-state index contributed by atoms with van der Waals surface area (Å²) in [7, 11) is 0. The van der Waals surface area contributed by atoms with Crippen LogP contribution in [-0.2, 0) is 9.53 Å². The van der Waals surface area contributed by atoms with Crippen molar-refractivity contribution in [1.29, 1.82) is 0 Å². The Labute approximate surface area is 159 Å². The lowest BCUT2D eigenvalue weighted by Crippen LogP contribution is -2.38. The molecular formula is C16H17F2N5O3S. The Balaban J connectivity index is 1.78. The predicted octanol–water partition coefficient (Wildman–Crippen LogP) is 1.45. The first-order valence-electron chi connectivity index (χ1n) is 8.13. The highest BCUT2D eigenvalue weighted by Gasteiger charge is 2.33. The van der Waals surface area contributed by atoms with Crippen LogP contribution < -0.4 is 15.1 Å². The molecule has 27 heavy (non-hydrogen) atoms. The van der Waals surface area contributed by atoms with Crippen LogP contribution in [-0.4, -0.2) is 61.1 Å². The molecule has 0 spiro atoms. The minimum Gasteiger partial charge on any atom is -0.442 e. The van der Waals surface area contributed by atoms with Gasteiger partial charge >= 0.3 is 6.09 Å². The van der Waals surface area contributed by atoms with E-state index in [-0.39, 0.29) is 31.0 Å². The first kappa shape index (κ1) is 19.0. The fourth-order valence-electron chi connectivity index (χ4n) is 2.78. The Morgan fingerprint density at radius 2 is 2.11 bits per heavy atom. The molecule has 1 saturated heterocycles. The molecule has 1 atom stereocenters. The molecule has 8 nitrogen and oxygen atoms in total. The number of anilines is 2. The highest BCUT2D eigenvalue weighted by atomic mass is 32.1. The van der Waals surface area contributed by atoms with E-state index < -0.39 is 23.8 Å². The average Bonchev–Trinajstić information content (AvgIpc) is 3.00. The Bertz CT molecular complexity index is 783. The second kappa shape index (κ2) is 7.82. The predicted molar refractivity (Wildman–Crippen MR) is 98.9 cm³/mol. The van der Waals surface area contributed by atoms with Crippen molar-refractivity contribution in [2.24, 2.45) is 5.10 Å². The van der Waals surface area contributed by atoms with Crippen LogP contribution in [0.3, 0.4) is 0 Å². The van der Waals surface area contributed by atoms with Crippen LogP contribution in [0.15, 0.2) is 17.2 Å². The number of carbonyl (C=O) groups excluding carboxylic acids is 2. The van der Waals surface area contributed by atoms with Crippen molar-refractivity contribution in [3.63, 3.8) is 0 Å². The zero-order chi connectivity index (χ0) is 19.6. The summed E-state index contributed by atoms with van der Waals surface area (Å²) in [6, 6.07) is 2.14. The molecule has 3 rings (SSSR count). The van der Waals surface area contributed by atoms with E-state index in [0.29, 0.717) is 17.9 Å². The number of hydrogen-bond donors (Lipinski definition) is 1. The van der Waals surface area contributed by atoms with Crippen molar-refractivity contribution < 1.29 is 23.1 Å². The van der Waals surface area contributed by atoms with Crippen LogP contribution in [0.25, 0.3) is 0 Å². The van der Waals surface area contributed by atoms with Crippen molar-refractivity contribution >= 4 is 47.4 Å². The minimum atomic E-state index is -0.847. The first-order valence-corrected chi connectivity index (χ1v) is 8.54. The van der Waals surface area contributed by atoms with Gasteiger partial charge in [0.2, 0.25) is 6.41 Å². The zero-order valence-corrected chi connectivity index (χ0v) is 15.2. The highest BCUT2D eigenvalue weighted by Crippen LogP contribution is 2.31. The molecule has 0 radical (unpaired) electrons. The average molecular weight is 397 g/mol. The van der Waals surface area contributed by atoms with Crippen LogP contribution in [0, 0.1) is 11.6 Å². The third-order valence-electron chi connectivity index (χ3n) is 4.08. The largest absolute Gasteiger partial charge is 0.442 e. The van der Waals surface area contributed by atoms with Gasteiger partial charge in [0.15, 0.2) is 11.6 Å². The number of amides is 2. The first-order chi connectivity index (χ1) is 12.9. The number of thiocarbonyl (C=S) groups is 1. The standard InChI is InChI=1S/C16H17F2N5O3S/c1-10(27)19-6-12-7-23(16(25)26-12)11-4-13(17)15(14(18)5-11)21-2-3-22(9-24)20-8-21/h4-5,8-9,12H,2-3,6-7H2,1H3,(H,19,27). The number of carbonyl (C=O) groups is 2. The Morgan fingerprint density at radius 3 is 2.67 bits per heavy atom. The summed E-state index contributed by atoms with van der Waals surface area (Å²) < 4.78 is 34.3. The molecular weight excluding hydrogens is 380 g/mol. The van der Waals surface area contributed by atoms with Gasteiger partial charge in [0.05, 0.1) is 30.3 Å². The number of nitrogens with zero attached hydrogens (tertiary/aromatic N) is 4. The zero-order valence-electron chi connectivity index (χ0n) is 14.4. The number of benzene rings is 1. The summed E-state index contributed by atoms with van der Waals surface area (Å²) in [5.74, 6) is -1.69. The molecule has 144 valence electrons. The summed E-state index contributed by atoms with van der Waals surface area (Å²) in [6.07, 6.45) is 0.541. The monoisotopic (exact) mass is 397 g/mol. The lowest BCUT2D eigenvalue weighted by molar-refractivity contribution is -0.118. The maximum absolute atomic E-state index is 14.6. The van der Waals surface area contributed by atoms with Gasteiger partial charge in [-0.1, -0.05) is 12.2 Å². The van der Waals surface area contributed by atoms with Crippen LogP contribution in [0.5, 0.6) is 0 Å². The number of rotatable bonds is 5. The third kappa shape index (κ3) is 4.13. The molecule has 1 unspecified atom stereocenters. The van der Waals surface area contributed by atoms with Crippen molar-refractivity contribution in [3.05, 3.63) is 23.8 Å². The Hall–Kier alpha value is -2.82. The second-order valence-corrected chi connectivity index (χ2v) is 6.62. The Morgan fingerprint density at radius 1 is 1.41 bits per heavy atom. The van der Waals surface area contributed by atoms with Crippen LogP contribution in [0.1, 0.15) is 6.92 Å². The van der Waals surface area contributed by atoms with Gasteiger partial charge in [0.1, 0.15) is 18.1 Å². The van der Waals surface area contributed by atoms with E-state index in [1.54, 1.807) is 6.92 Å². The van der Waals surface area contributed by atoms with Crippen molar-refractivity contribution in [1.82, 2.24) is 10.3 Å². The molecule has 1 aromatic carbocycles. The van der Waals surface area contributed by atoms with Gasteiger partial charge < -0.3 is 15.0 Å². The summed E-state index contributed by atoms with van der Waals surface area (Å²) in [5, 5.41) is 7.79. The molecule has 2 aliphatic heterocycles. The van der Waals surface area contributed by atoms with Crippen LogP contribution in [0.4, 0.5) is 25.0 Å². The number of halogens is 2. The van der Waals surface area contributed by atoms with Gasteiger partial charge in [0, 0.05) is 18.7 Å². The Kier molecular flexibility index (Phi) is 5.49. The smallest absolute Gasteiger partial charge is 0.414 e. The summed E-state index contributed by atoms with van der Waals surface area (Å²) in [5.41, 5.74) is -0.237. The highest BCUT2D eigenvalue weighted by molar-refractivity contribution is 7.80. The SMILES string of the molecule is CC(=S)NCC1CN(c2cc(F)c(N3C=NN(C=O)CC3)c(F)c2)C(=O)O1. The lowest BCUT2D eigenvalue weighted by atomic mass is 10.2. The van der Waals surface area contributed by atoms with E-state index >= 15 is 0 Å². The molecule has 0 aromatic heterocycles. The fraction of sp³-hybridized carbons (Fsp3) is 0.375. The van der Waals surface area contributed by atoms with E-state index in [0.717, 1.165) is 17.1 Å². The molecule has 0 aliphatic carbocycles. The molecule has 2 amide bonds. The van der Waals surface area contributed by atoms with E-state index in [9.17, 15) is 18.4 Å². The van der Waals surface area contributed by atoms with E-state index in [4.69, 9.17) is 17.0 Å². The van der Waals surface area contributed by atoms with E-state index in [2.05, 4.69) is 10.4 Å².